The minimum absolute atomic E-state index is 0.0213. The fourth-order valence-corrected chi connectivity index (χ4v) is 2.37. The van der Waals surface area contributed by atoms with Gasteiger partial charge in [-0.05, 0) is 13.0 Å². The summed E-state index contributed by atoms with van der Waals surface area (Å²) in [6.07, 6.45) is 0.559. The Kier molecular flexibility index (Phi) is 4.61. The minimum atomic E-state index is -3.50. The van der Waals surface area contributed by atoms with Crippen LogP contribution in [0.25, 0.3) is 0 Å². The fraction of sp³-hybridized carbons (Fsp3) is 0.333. The third-order valence-corrected chi connectivity index (χ3v) is 3.35. The molecule has 0 radical (unpaired) electrons. The van der Waals surface area contributed by atoms with Gasteiger partial charge in [0.1, 0.15) is 6.42 Å². The number of rotatable bonds is 5. The monoisotopic (exact) mass is 270 g/mol. The fourth-order valence-electron chi connectivity index (χ4n) is 1.46. The van der Waals surface area contributed by atoms with Gasteiger partial charge in [-0.2, -0.15) is 0 Å². The molecule has 18 heavy (non-hydrogen) atoms. The van der Waals surface area contributed by atoms with Crippen LogP contribution in [0.2, 0.25) is 0 Å². The van der Waals surface area contributed by atoms with E-state index in [0.717, 1.165) is 6.26 Å². The van der Waals surface area contributed by atoms with Crippen LogP contribution < -0.4 is 0 Å². The standard InChI is InChI=1S/C12H14O5S/c1-3-17-12(14)8-10(13)9-6-4-5-7-11(9)18(2,15)16/h4-7H,3,8H2,1-2H3. The predicted molar refractivity (Wildman–Crippen MR) is 65.1 cm³/mol. The van der Waals surface area contributed by atoms with Crippen LogP contribution in [-0.2, 0) is 19.4 Å². The van der Waals surface area contributed by atoms with Gasteiger partial charge >= 0.3 is 5.97 Å². The third-order valence-electron chi connectivity index (χ3n) is 2.20. The maximum atomic E-state index is 11.8. The first-order valence-electron chi connectivity index (χ1n) is 5.34. The molecule has 0 fully saturated rings. The van der Waals surface area contributed by atoms with E-state index < -0.39 is 28.0 Å². The Labute approximate surface area is 106 Å². The molecule has 1 aromatic rings. The number of carbonyl (C=O) groups is 2. The Bertz CT molecular complexity index is 560. The predicted octanol–water partition coefficient (Wildman–Crippen LogP) is 1.23. The van der Waals surface area contributed by atoms with Gasteiger partial charge in [0, 0.05) is 11.8 Å². The van der Waals surface area contributed by atoms with Gasteiger partial charge in [-0.3, -0.25) is 9.59 Å². The first-order chi connectivity index (χ1) is 8.36. The Balaban J connectivity index is 3.04. The number of benzene rings is 1. The second kappa shape index (κ2) is 5.77. The van der Waals surface area contributed by atoms with Crippen LogP contribution in [0.4, 0.5) is 0 Å². The van der Waals surface area contributed by atoms with Crippen LogP contribution in [0.1, 0.15) is 23.7 Å². The highest BCUT2D eigenvalue weighted by atomic mass is 32.2. The molecule has 0 aliphatic carbocycles. The van der Waals surface area contributed by atoms with Gasteiger partial charge in [0.2, 0.25) is 0 Å². The molecule has 0 aliphatic heterocycles. The molecule has 0 bridgehead atoms. The van der Waals surface area contributed by atoms with Gasteiger partial charge in [-0.15, -0.1) is 0 Å². The van der Waals surface area contributed by atoms with E-state index in [9.17, 15) is 18.0 Å². The van der Waals surface area contributed by atoms with Gasteiger partial charge in [-0.25, -0.2) is 8.42 Å². The van der Waals surface area contributed by atoms with Crippen molar-refractivity contribution in [2.24, 2.45) is 0 Å². The van der Waals surface area contributed by atoms with E-state index >= 15 is 0 Å². The van der Waals surface area contributed by atoms with Crippen LogP contribution in [0.5, 0.6) is 0 Å². The Morgan fingerprint density at radius 3 is 2.39 bits per heavy atom. The second-order valence-corrected chi connectivity index (χ2v) is 5.66. The molecule has 98 valence electrons. The summed E-state index contributed by atoms with van der Waals surface area (Å²) < 4.78 is 27.7. The molecule has 0 saturated heterocycles. The minimum Gasteiger partial charge on any atom is -0.466 e. The number of ketones is 1. The average molecular weight is 270 g/mol. The number of ether oxygens (including phenoxy) is 1. The summed E-state index contributed by atoms with van der Waals surface area (Å²) in [6.45, 7) is 1.81. The number of Topliss-reactive ketones (excluding diaryl/α,β-unsaturated/α-hetero) is 1. The van der Waals surface area contributed by atoms with Crippen molar-refractivity contribution in [3.05, 3.63) is 29.8 Å². The highest BCUT2D eigenvalue weighted by Gasteiger charge is 2.20. The number of sulfone groups is 1. The van der Waals surface area contributed by atoms with E-state index in [-0.39, 0.29) is 17.1 Å². The molecule has 0 aromatic heterocycles. The van der Waals surface area contributed by atoms with Crippen LogP contribution in [0.15, 0.2) is 29.2 Å². The largest absolute Gasteiger partial charge is 0.466 e. The summed E-state index contributed by atoms with van der Waals surface area (Å²) in [4.78, 5) is 23.0. The average Bonchev–Trinajstić information content (AvgIpc) is 2.28. The summed E-state index contributed by atoms with van der Waals surface area (Å²) >= 11 is 0. The smallest absolute Gasteiger partial charge is 0.313 e. The van der Waals surface area contributed by atoms with Gasteiger partial charge in [0.05, 0.1) is 11.5 Å². The van der Waals surface area contributed by atoms with Crippen LogP contribution in [0.3, 0.4) is 0 Å². The van der Waals surface area contributed by atoms with Crippen molar-refractivity contribution in [2.45, 2.75) is 18.2 Å². The summed E-state index contributed by atoms with van der Waals surface area (Å²) in [7, 11) is -3.50. The molecular weight excluding hydrogens is 256 g/mol. The molecule has 0 N–H and O–H groups in total. The molecule has 0 spiro atoms. The maximum Gasteiger partial charge on any atom is 0.313 e. The van der Waals surface area contributed by atoms with Crippen LogP contribution >= 0.6 is 0 Å². The van der Waals surface area contributed by atoms with Crippen molar-refractivity contribution < 1.29 is 22.7 Å². The lowest BCUT2D eigenvalue weighted by molar-refractivity contribution is -0.141. The quantitative estimate of drug-likeness (QED) is 0.457. The molecule has 5 nitrogen and oxygen atoms in total. The molecule has 1 aromatic carbocycles. The zero-order valence-electron chi connectivity index (χ0n) is 10.2. The van der Waals surface area contributed by atoms with E-state index in [1.165, 1.54) is 18.2 Å². The topological polar surface area (TPSA) is 77.5 Å². The van der Waals surface area contributed by atoms with Crippen LogP contribution in [0, 0.1) is 0 Å². The van der Waals surface area contributed by atoms with E-state index in [2.05, 4.69) is 4.74 Å². The molecule has 6 heteroatoms. The molecule has 0 amide bonds. The summed E-state index contributed by atoms with van der Waals surface area (Å²) in [6, 6.07) is 5.80. The molecular formula is C12H14O5S. The molecule has 0 aliphatic rings. The zero-order chi connectivity index (χ0) is 13.8. The SMILES string of the molecule is CCOC(=O)CC(=O)c1ccccc1S(C)(=O)=O. The normalized spacial score (nSPS) is 11.0. The Morgan fingerprint density at radius 1 is 1.22 bits per heavy atom. The highest BCUT2D eigenvalue weighted by molar-refractivity contribution is 7.90. The van der Waals surface area contributed by atoms with E-state index in [4.69, 9.17) is 0 Å². The van der Waals surface area contributed by atoms with Crippen molar-refractivity contribution in [1.82, 2.24) is 0 Å². The number of carbonyl (C=O) groups excluding carboxylic acids is 2. The highest BCUT2D eigenvalue weighted by Crippen LogP contribution is 2.17. The van der Waals surface area contributed by atoms with Crippen molar-refractivity contribution >= 4 is 21.6 Å². The number of hydrogen-bond acceptors (Lipinski definition) is 5. The van der Waals surface area contributed by atoms with E-state index in [0.29, 0.717) is 0 Å². The first kappa shape index (κ1) is 14.4. The first-order valence-corrected chi connectivity index (χ1v) is 7.23. The van der Waals surface area contributed by atoms with E-state index in [1.54, 1.807) is 13.0 Å². The number of esters is 1. The summed E-state index contributed by atoms with van der Waals surface area (Å²) in [5.41, 5.74) is 0.0213. The summed E-state index contributed by atoms with van der Waals surface area (Å²) in [5, 5.41) is 0. The molecule has 0 saturated carbocycles. The number of hydrogen-bond donors (Lipinski definition) is 0. The van der Waals surface area contributed by atoms with Crippen molar-refractivity contribution in [1.29, 1.82) is 0 Å². The lowest BCUT2D eigenvalue weighted by atomic mass is 10.1. The van der Waals surface area contributed by atoms with Crippen molar-refractivity contribution in [3.8, 4) is 0 Å². The van der Waals surface area contributed by atoms with E-state index in [1.807, 2.05) is 0 Å². The maximum absolute atomic E-state index is 11.8. The van der Waals surface area contributed by atoms with Crippen LogP contribution in [-0.4, -0.2) is 33.0 Å². The zero-order valence-corrected chi connectivity index (χ0v) is 11.0. The lowest BCUT2D eigenvalue weighted by Gasteiger charge is -2.06. The lowest BCUT2D eigenvalue weighted by Crippen LogP contribution is -2.14. The van der Waals surface area contributed by atoms with Gasteiger partial charge < -0.3 is 4.74 Å². The molecule has 0 atom stereocenters. The third kappa shape index (κ3) is 3.66. The molecule has 0 unspecified atom stereocenters. The van der Waals surface area contributed by atoms with Crippen molar-refractivity contribution in [2.75, 3.05) is 12.9 Å². The van der Waals surface area contributed by atoms with Gasteiger partial charge in [0.25, 0.3) is 0 Å². The molecule has 1 rings (SSSR count). The summed E-state index contributed by atoms with van der Waals surface area (Å²) in [5.74, 6) is -1.22. The van der Waals surface area contributed by atoms with Gasteiger partial charge in [0.15, 0.2) is 15.6 Å². The van der Waals surface area contributed by atoms with Crippen molar-refractivity contribution in [3.63, 3.8) is 0 Å². The van der Waals surface area contributed by atoms with Gasteiger partial charge in [-0.1, -0.05) is 18.2 Å². The Morgan fingerprint density at radius 2 is 1.83 bits per heavy atom. The second-order valence-electron chi connectivity index (χ2n) is 3.67. The Hall–Kier alpha value is -1.69. The molecule has 0 heterocycles.